The van der Waals surface area contributed by atoms with Gasteiger partial charge in [0.15, 0.2) is 6.61 Å². The number of amides is 1. The van der Waals surface area contributed by atoms with Gasteiger partial charge >= 0.3 is 5.97 Å². The highest BCUT2D eigenvalue weighted by atomic mass is 79.9. The normalized spacial score (nSPS) is 11.9. The summed E-state index contributed by atoms with van der Waals surface area (Å²) < 4.78 is 5.70. The van der Waals surface area contributed by atoms with Gasteiger partial charge in [-0.05, 0) is 52.4 Å². The number of pyridine rings is 1. The average molecular weight is 419 g/mol. The van der Waals surface area contributed by atoms with Crippen molar-refractivity contribution in [3.8, 4) is 0 Å². The van der Waals surface area contributed by atoms with Gasteiger partial charge in [0, 0.05) is 16.9 Å². The molecule has 1 heterocycles. The Bertz CT molecular complexity index is 760. The molecule has 0 saturated carbocycles. The Labute approximate surface area is 162 Å². The lowest BCUT2D eigenvalue weighted by molar-refractivity contribution is -0.124. The van der Waals surface area contributed by atoms with Crippen LogP contribution < -0.4 is 5.32 Å². The first-order chi connectivity index (χ1) is 12.3. The monoisotopic (exact) mass is 418 g/mol. The van der Waals surface area contributed by atoms with Crippen LogP contribution in [0.3, 0.4) is 0 Å². The van der Waals surface area contributed by atoms with Gasteiger partial charge in [-0.1, -0.05) is 38.1 Å². The van der Waals surface area contributed by atoms with Crippen molar-refractivity contribution < 1.29 is 14.3 Å². The third kappa shape index (κ3) is 6.26. The average Bonchev–Trinajstić information content (AvgIpc) is 2.59. The highest BCUT2D eigenvalue weighted by Gasteiger charge is 2.14. The zero-order chi connectivity index (χ0) is 19.1. The number of ether oxygens (including phenoxy) is 1. The van der Waals surface area contributed by atoms with Crippen LogP contribution in [-0.4, -0.2) is 23.5 Å². The van der Waals surface area contributed by atoms with Gasteiger partial charge in [-0.2, -0.15) is 0 Å². The number of carbonyl (C=O) groups excluding carboxylic acids is 2. The van der Waals surface area contributed by atoms with Crippen LogP contribution in [0.5, 0.6) is 0 Å². The van der Waals surface area contributed by atoms with Gasteiger partial charge < -0.3 is 10.1 Å². The molecule has 0 aliphatic heterocycles. The smallest absolute Gasteiger partial charge is 0.340 e. The standard InChI is InChI=1S/C20H23BrN2O3/c1-13(2)8-15-4-6-16(7-5-15)14(3)23-19(24)12-26-20(25)17-9-18(21)11-22-10-17/h4-7,9-11,13-14H,8,12H2,1-3H3,(H,23,24)/t14-/m1/s1. The van der Waals surface area contributed by atoms with E-state index in [1.807, 2.05) is 19.1 Å². The van der Waals surface area contributed by atoms with E-state index in [0.29, 0.717) is 16.0 Å². The van der Waals surface area contributed by atoms with E-state index in [0.717, 1.165) is 12.0 Å². The Kier molecular flexibility index (Phi) is 7.33. The van der Waals surface area contributed by atoms with Crippen LogP contribution in [0.25, 0.3) is 0 Å². The fourth-order valence-electron chi connectivity index (χ4n) is 2.52. The van der Waals surface area contributed by atoms with E-state index in [9.17, 15) is 9.59 Å². The number of hydrogen-bond acceptors (Lipinski definition) is 4. The quantitative estimate of drug-likeness (QED) is 0.687. The van der Waals surface area contributed by atoms with Crippen molar-refractivity contribution in [2.45, 2.75) is 33.2 Å². The molecule has 2 rings (SSSR count). The summed E-state index contributed by atoms with van der Waals surface area (Å²) in [5.41, 5.74) is 2.58. The van der Waals surface area contributed by atoms with Gasteiger partial charge in [-0.25, -0.2) is 4.79 Å². The topological polar surface area (TPSA) is 68.3 Å². The maximum Gasteiger partial charge on any atom is 0.340 e. The molecule has 26 heavy (non-hydrogen) atoms. The molecule has 0 unspecified atom stereocenters. The van der Waals surface area contributed by atoms with Crippen molar-refractivity contribution in [2.75, 3.05) is 6.61 Å². The van der Waals surface area contributed by atoms with Crippen LogP contribution in [0.4, 0.5) is 0 Å². The number of aromatic nitrogens is 1. The molecule has 5 nitrogen and oxygen atoms in total. The van der Waals surface area contributed by atoms with Gasteiger partial charge in [-0.15, -0.1) is 0 Å². The van der Waals surface area contributed by atoms with Crippen molar-refractivity contribution in [3.63, 3.8) is 0 Å². The molecule has 0 aliphatic rings. The van der Waals surface area contributed by atoms with E-state index in [4.69, 9.17) is 4.74 Å². The highest BCUT2D eigenvalue weighted by Crippen LogP contribution is 2.15. The Morgan fingerprint density at radius 2 is 1.85 bits per heavy atom. The van der Waals surface area contributed by atoms with E-state index in [2.05, 4.69) is 52.2 Å². The van der Waals surface area contributed by atoms with E-state index in [1.54, 1.807) is 12.3 Å². The molecule has 2 aromatic rings. The summed E-state index contributed by atoms with van der Waals surface area (Å²) in [6.07, 6.45) is 3.99. The molecular formula is C20H23BrN2O3. The maximum atomic E-state index is 12.0. The van der Waals surface area contributed by atoms with Crippen molar-refractivity contribution in [1.29, 1.82) is 0 Å². The lowest BCUT2D eigenvalue weighted by Gasteiger charge is -2.15. The summed E-state index contributed by atoms with van der Waals surface area (Å²) in [5.74, 6) is -0.326. The summed E-state index contributed by atoms with van der Waals surface area (Å²) in [4.78, 5) is 27.8. The van der Waals surface area contributed by atoms with Crippen molar-refractivity contribution in [2.24, 2.45) is 5.92 Å². The Morgan fingerprint density at radius 3 is 2.46 bits per heavy atom. The van der Waals surface area contributed by atoms with Crippen LogP contribution in [0, 0.1) is 5.92 Å². The third-order valence-corrected chi connectivity index (χ3v) is 4.21. The van der Waals surface area contributed by atoms with Crippen LogP contribution in [-0.2, 0) is 16.0 Å². The zero-order valence-electron chi connectivity index (χ0n) is 15.2. The first kappa shape index (κ1) is 20.1. The Morgan fingerprint density at radius 1 is 1.15 bits per heavy atom. The number of rotatable bonds is 7. The second-order valence-corrected chi connectivity index (χ2v) is 7.51. The Hall–Kier alpha value is -2.21. The number of nitrogens with one attached hydrogen (secondary N) is 1. The maximum absolute atomic E-state index is 12.0. The van der Waals surface area contributed by atoms with Crippen LogP contribution in [0.1, 0.15) is 48.3 Å². The molecule has 6 heteroatoms. The fraction of sp³-hybridized carbons (Fsp3) is 0.350. The number of benzene rings is 1. The summed E-state index contributed by atoms with van der Waals surface area (Å²) in [6, 6.07) is 9.62. The van der Waals surface area contributed by atoms with Crippen LogP contribution >= 0.6 is 15.9 Å². The van der Waals surface area contributed by atoms with Gasteiger partial charge in [0.1, 0.15) is 0 Å². The molecule has 0 spiro atoms. The number of esters is 1. The van der Waals surface area contributed by atoms with Gasteiger partial charge in [-0.3, -0.25) is 9.78 Å². The Balaban J connectivity index is 1.84. The predicted molar refractivity (Wildman–Crippen MR) is 104 cm³/mol. The first-order valence-electron chi connectivity index (χ1n) is 8.51. The van der Waals surface area contributed by atoms with Gasteiger partial charge in [0.25, 0.3) is 5.91 Å². The summed E-state index contributed by atoms with van der Waals surface area (Å²) in [6.45, 7) is 5.93. The lowest BCUT2D eigenvalue weighted by Crippen LogP contribution is -2.31. The minimum absolute atomic E-state index is 0.165. The molecular weight excluding hydrogens is 396 g/mol. The van der Waals surface area contributed by atoms with E-state index >= 15 is 0 Å². The van der Waals surface area contributed by atoms with Crippen molar-refractivity contribution in [3.05, 3.63) is 63.9 Å². The van der Waals surface area contributed by atoms with Crippen LogP contribution in [0.2, 0.25) is 0 Å². The van der Waals surface area contributed by atoms with Crippen LogP contribution in [0.15, 0.2) is 47.2 Å². The molecule has 1 atom stereocenters. The largest absolute Gasteiger partial charge is 0.452 e. The minimum atomic E-state index is -0.584. The molecule has 138 valence electrons. The molecule has 0 fully saturated rings. The SMILES string of the molecule is CC(C)Cc1ccc([C@@H](C)NC(=O)COC(=O)c2cncc(Br)c2)cc1. The predicted octanol–water partition coefficient (Wildman–Crippen LogP) is 4.08. The molecule has 0 bridgehead atoms. The van der Waals surface area contributed by atoms with E-state index in [1.165, 1.54) is 11.8 Å². The molecule has 1 amide bonds. The summed E-state index contributed by atoms with van der Waals surface area (Å²) in [5, 5.41) is 2.83. The van der Waals surface area contributed by atoms with Gasteiger partial charge in [0.05, 0.1) is 11.6 Å². The van der Waals surface area contributed by atoms with Crippen molar-refractivity contribution in [1.82, 2.24) is 10.3 Å². The highest BCUT2D eigenvalue weighted by molar-refractivity contribution is 9.10. The molecule has 1 N–H and O–H groups in total. The third-order valence-electron chi connectivity index (χ3n) is 3.78. The van der Waals surface area contributed by atoms with Crippen molar-refractivity contribution >= 4 is 27.8 Å². The number of halogens is 1. The molecule has 0 aliphatic carbocycles. The summed E-state index contributed by atoms with van der Waals surface area (Å²) >= 11 is 3.24. The summed E-state index contributed by atoms with van der Waals surface area (Å²) in [7, 11) is 0. The molecule has 0 radical (unpaired) electrons. The second-order valence-electron chi connectivity index (χ2n) is 6.60. The van der Waals surface area contributed by atoms with E-state index in [-0.39, 0.29) is 18.6 Å². The number of carbonyl (C=O) groups is 2. The van der Waals surface area contributed by atoms with Gasteiger partial charge in [0.2, 0.25) is 0 Å². The lowest BCUT2D eigenvalue weighted by atomic mass is 10.00. The minimum Gasteiger partial charge on any atom is -0.452 e. The zero-order valence-corrected chi connectivity index (χ0v) is 16.7. The fourth-order valence-corrected chi connectivity index (χ4v) is 2.88. The molecule has 0 saturated heterocycles. The van der Waals surface area contributed by atoms with E-state index < -0.39 is 5.97 Å². The molecule has 1 aromatic carbocycles. The molecule has 1 aromatic heterocycles. The second kappa shape index (κ2) is 9.48. The first-order valence-corrected chi connectivity index (χ1v) is 9.30. The number of hydrogen-bond donors (Lipinski definition) is 1. The number of nitrogens with zero attached hydrogens (tertiary/aromatic N) is 1.